The van der Waals surface area contributed by atoms with Crippen LogP contribution in [0.5, 0.6) is 0 Å². The van der Waals surface area contributed by atoms with Crippen LogP contribution < -0.4 is 0 Å². The molecule has 0 saturated carbocycles. The van der Waals surface area contributed by atoms with E-state index in [-0.39, 0.29) is 0 Å². The molecule has 0 saturated heterocycles. The van der Waals surface area contributed by atoms with Gasteiger partial charge in [-0.2, -0.15) is 0 Å². The third kappa shape index (κ3) is 1.46. The van der Waals surface area contributed by atoms with Gasteiger partial charge in [0, 0.05) is 0 Å². The van der Waals surface area contributed by atoms with Crippen LogP contribution in [0.1, 0.15) is 18.9 Å². The van der Waals surface area contributed by atoms with E-state index in [0.717, 1.165) is 6.42 Å². The van der Waals surface area contributed by atoms with Crippen LogP contribution in [0.3, 0.4) is 0 Å². The number of benzene rings is 4. The average molecular weight is 243 g/mol. The van der Waals surface area contributed by atoms with Gasteiger partial charge in [-0.1, -0.05) is 61.5 Å². The summed E-state index contributed by atoms with van der Waals surface area (Å²) in [5.41, 5.74) is 1.35. The first-order chi connectivity index (χ1) is 9.38. The van der Waals surface area contributed by atoms with Crippen LogP contribution >= 0.6 is 0 Å². The van der Waals surface area contributed by atoms with Gasteiger partial charge in [-0.15, -0.1) is 0 Å². The van der Waals surface area contributed by atoms with Gasteiger partial charge in [-0.3, -0.25) is 0 Å². The highest BCUT2D eigenvalue weighted by molar-refractivity contribution is 6.23. The molecule has 0 aliphatic rings. The normalized spacial score (nSPS) is 11.8. The van der Waals surface area contributed by atoms with Crippen LogP contribution in [-0.4, -0.2) is 0 Å². The predicted octanol–water partition coefficient (Wildman–Crippen LogP) is 5.55. The Morgan fingerprint density at radius 2 is 1.37 bits per heavy atom. The van der Waals surface area contributed by atoms with Crippen LogP contribution in [0.25, 0.3) is 32.3 Å². The van der Waals surface area contributed by atoms with E-state index in [4.69, 9.17) is 0 Å². The molecule has 0 bridgehead atoms. The molecule has 0 heteroatoms. The summed E-state index contributed by atoms with van der Waals surface area (Å²) in [6.07, 6.45) is 3.38. The van der Waals surface area contributed by atoms with E-state index in [9.17, 15) is 0 Å². The lowest BCUT2D eigenvalue weighted by Gasteiger charge is -2.13. The molecule has 0 spiro atoms. The van der Waals surface area contributed by atoms with Crippen molar-refractivity contribution in [3.63, 3.8) is 0 Å². The molecule has 0 amide bonds. The van der Waals surface area contributed by atoms with Crippen LogP contribution in [0.2, 0.25) is 0 Å². The van der Waals surface area contributed by atoms with Gasteiger partial charge in [0.2, 0.25) is 0 Å². The summed E-state index contributed by atoms with van der Waals surface area (Å²) in [7, 11) is 0. The van der Waals surface area contributed by atoms with Crippen molar-refractivity contribution in [2.45, 2.75) is 13.3 Å². The zero-order valence-corrected chi connectivity index (χ0v) is 11.0. The summed E-state index contributed by atoms with van der Waals surface area (Å²) in [5, 5.41) is 8.21. The van der Waals surface area contributed by atoms with Gasteiger partial charge in [0.25, 0.3) is 0 Å². The maximum atomic E-state index is 2.31. The van der Waals surface area contributed by atoms with Crippen molar-refractivity contribution in [3.8, 4) is 0 Å². The van der Waals surface area contributed by atoms with E-state index < -0.39 is 0 Å². The maximum Gasteiger partial charge on any atom is -0.00239 e. The van der Waals surface area contributed by atoms with Crippen LogP contribution in [0, 0.1) is 6.42 Å². The molecule has 91 valence electrons. The monoisotopic (exact) mass is 243 g/mol. The fourth-order valence-corrected chi connectivity index (χ4v) is 3.16. The second-order valence-corrected chi connectivity index (χ2v) is 5.12. The minimum atomic E-state index is 1.07. The molecule has 0 aliphatic heterocycles. The maximum absolute atomic E-state index is 2.31. The van der Waals surface area contributed by atoms with Gasteiger partial charge >= 0.3 is 0 Å². The molecule has 1 radical (unpaired) electrons. The van der Waals surface area contributed by atoms with Gasteiger partial charge in [0.15, 0.2) is 0 Å². The van der Waals surface area contributed by atoms with Crippen molar-refractivity contribution >= 4 is 32.3 Å². The van der Waals surface area contributed by atoms with Crippen LogP contribution in [0.4, 0.5) is 0 Å². The van der Waals surface area contributed by atoms with E-state index in [1.54, 1.807) is 0 Å². The summed E-state index contributed by atoms with van der Waals surface area (Å²) in [4.78, 5) is 0. The molecule has 0 fully saturated rings. The van der Waals surface area contributed by atoms with Crippen molar-refractivity contribution in [1.82, 2.24) is 0 Å². The second kappa shape index (κ2) is 3.96. The lowest BCUT2D eigenvalue weighted by molar-refractivity contribution is 1.13. The topological polar surface area (TPSA) is 0 Å². The predicted molar refractivity (Wildman–Crippen MR) is 83.8 cm³/mol. The Morgan fingerprint density at radius 3 is 2.11 bits per heavy atom. The summed E-state index contributed by atoms with van der Waals surface area (Å²) < 4.78 is 0. The number of rotatable bonds is 2. The Bertz CT molecular complexity index is 855. The molecule has 0 aliphatic carbocycles. The van der Waals surface area contributed by atoms with Gasteiger partial charge in [0.1, 0.15) is 0 Å². The fourth-order valence-electron chi connectivity index (χ4n) is 3.16. The average Bonchev–Trinajstić information content (AvgIpc) is 2.46. The molecule has 0 N–H and O–H groups in total. The quantitative estimate of drug-likeness (QED) is 0.405. The van der Waals surface area contributed by atoms with Crippen molar-refractivity contribution in [3.05, 3.63) is 66.6 Å². The molecule has 4 aromatic carbocycles. The van der Waals surface area contributed by atoms with Crippen molar-refractivity contribution in [2.75, 3.05) is 0 Å². The Labute approximate surface area is 113 Å². The first kappa shape index (κ1) is 10.8. The Morgan fingerprint density at radius 1 is 0.737 bits per heavy atom. The standard InChI is InChI=1S/C19H15/c1-2-4-13-7-8-16-10-9-14-5-3-6-15-11-12-17(13)19(16)18(14)15/h3-12H,2H2,1H3. The first-order valence-corrected chi connectivity index (χ1v) is 6.88. The van der Waals surface area contributed by atoms with Gasteiger partial charge in [-0.25, -0.2) is 0 Å². The molecule has 0 unspecified atom stereocenters. The molecule has 0 aromatic heterocycles. The second-order valence-electron chi connectivity index (χ2n) is 5.12. The third-order valence-electron chi connectivity index (χ3n) is 3.99. The largest absolute Gasteiger partial charge is 0.0648 e. The fraction of sp³-hybridized carbons (Fsp3) is 0.105. The third-order valence-corrected chi connectivity index (χ3v) is 3.99. The highest BCUT2D eigenvalue weighted by atomic mass is 14.1. The van der Waals surface area contributed by atoms with Gasteiger partial charge in [0.05, 0.1) is 0 Å². The van der Waals surface area contributed by atoms with E-state index in [0.29, 0.717) is 0 Å². The van der Waals surface area contributed by atoms with Crippen LogP contribution in [-0.2, 0) is 0 Å². The zero-order chi connectivity index (χ0) is 12.8. The number of hydrogen-bond donors (Lipinski definition) is 0. The van der Waals surface area contributed by atoms with Crippen molar-refractivity contribution < 1.29 is 0 Å². The van der Waals surface area contributed by atoms with Crippen molar-refractivity contribution in [2.24, 2.45) is 0 Å². The van der Waals surface area contributed by atoms with Gasteiger partial charge < -0.3 is 0 Å². The van der Waals surface area contributed by atoms with E-state index in [1.165, 1.54) is 37.9 Å². The SMILES string of the molecule is CC[CH]c1ccc2ccc3cccc4ccc1c2c34. The lowest BCUT2D eigenvalue weighted by Crippen LogP contribution is -1.88. The Hall–Kier alpha value is -2.08. The molecule has 4 rings (SSSR count). The smallest absolute Gasteiger partial charge is 0.00239 e. The zero-order valence-electron chi connectivity index (χ0n) is 11.0. The minimum Gasteiger partial charge on any atom is -0.0648 e. The van der Waals surface area contributed by atoms with Gasteiger partial charge in [-0.05, 0) is 50.7 Å². The molecular weight excluding hydrogens is 228 g/mol. The molecule has 4 aromatic rings. The molecule has 0 nitrogen and oxygen atoms in total. The molecule has 0 atom stereocenters. The summed E-state index contributed by atoms with van der Waals surface area (Å²) in [6.45, 7) is 2.19. The highest BCUT2D eigenvalue weighted by Crippen LogP contribution is 2.36. The minimum absolute atomic E-state index is 1.07. The molecule has 19 heavy (non-hydrogen) atoms. The van der Waals surface area contributed by atoms with E-state index in [1.807, 2.05) is 0 Å². The van der Waals surface area contributed by atoms with E-state index >= 15 is 0 Å². The van der Waals surface area contributed by atoms with Crippen LogP contribution in [0.15, 0.2) is 54.6 Å². The highest BCUT2D eigenvalue weighted by Gasteiger charge is 2.09. The molecular formula is C19H15. The van der Waals surface area contributed by atoms with E-state index in [2.05, 4.69) is 67.9 Å². The summed E-state index contributed by atoms with van der Waals surface area (Å²) in [6, 6.07) is 20.0. The molecule has 0 heterocycles. The summed E-state index contributed by atoms with van der Waals surface area (Å²) in [5.74, 6) is 0. The Kier molecular flexibility index (Phi) is 2.25. The Balaban J connectivity index is 2.28. The lowest BCUT2D eigenvalue weighted by atomic mass is 9.91. The number of hydrogen-bond acceptors (Lipinski definition) is 0. The van der Waals surface area contributed by atoms with Crippen molar-refractivity contribution in [1.29, 1.82) is 0 Å². The first-order valence-electron chi connectivity index (χ1n) is 6.88. The summed E-state index contributed by atoms with van der Waals surface area (Å²) >= 11 is 0.